The molecule has 2 amide bonds. The van der Waals surface area contributed by atoms with Crippen molar-refractivity contribution in [2.24, 2.45) is 57.8 Å². The number of rotatable bonds is 5. The monoisotopic (exact) mass is 449 g/mol. The molecule has 0 aromatic heterocycles. The van der Waals surface area contributed by atoms with Gasteiger partial charge in [-0.15, -0.1) is 0 Å². The van der Waals surface area contributed by atoms with E-state index in [1.165, 1.54) is 0 Å². The zero-order chi connectivity index (χ0) is 23.5. The van der Waals surface area contributed by atoms with Crippen molar-refractivity contribution in [1.29, 1.82) is 0 Å². The molecule has 184 valence electrons. The van der Waals surface area contributed by atoms with Crippen LogP contribution in [0.25, 0.3) is 0 Å². The molecule has 0 saturated heterocycles. The van der Waals surface area contributed by atoms with E-state index in [1.807, 2.05) is 0 Å². The lowest BCUT2D eigenvalue weighted by molar-refractivity contribution is -0.215. The number of amides is 2. The fraction of sp³-hybridized carbons (Fsp3) is 0.962. The molecule has 0 aliphatic heterocycles. The summed E-state index contributed by atoms with van der Waals surface area (Å²) in [6, 6.07) is -0.453. The molecule has 4 aliphatic carbocycles. The van der Waals surface area contributed by atoms with Crippen LogP contribution in [0, 0.1) is 46.3 Å². The Morgan fingerprint density at radius 3 is 2.41 bits per heavy atom. The Labute approximate surface area is 194 Å². The van der Waals surface area contributed by atoms with Crippen LogP contribution in [0.2, 0.25) is 0 Å². The van der Waals surface area contributed by atoms with Crippen molar-refractivity contribution in [2.75, 3.05) is 6.54 Å². The minimum Gasteiger partial charge on any atom is -0.393 e. The Morgan fingerprint density at radius 1 is 1.09 bits per heavy atom. The molecule has 7 N–H and O–H groups in total. The van der Waals surface area contributed by atoms with Crippen LogP contribution in [0.15, 0.2) is 0 Å². The van der Waals surface area contributed by atoms with E-state index in [0.717, 1.165) is 57.8 Å². The van der Waals surface area contributed by atoms with E-state index >= 15 is 0 Å². The van der Waals surface area contributed by atoms with Crippen LogP contribution in [0.1, 0.15) is 85.5 Å². The summed E-state index contributed by atoms with van der Waals surface area (Å²) in [6.45, 7) is 9.98. The minimum absolute atomic E-state index is 0.102. The number of aliphatic hydroxyl groups excluding tert-OH is 2. The summed E-state index contributed by atoms with van der Waals surface area (Å²) >= 11 is 0. The zero-order valence-corrected chi connectivity index (χ0v) is 20.6. The third-order valence-corrected chi connectivity index (χ3v) is 11.3. The molecular formula is C26H47N3O3. The highest BCUT2D eigenvalue weighted by atomic mass is 16.3. The van der Waals surface area contributed by atoms with Gasteiger partial charge in [0.1, 0.15) is 0 Å². The largest absolute Gasteiger partial charge is 0.393 e. The summed E-state index contributed by atoms with van der Waals surface area (Å²) < 4.78 is 0. The number of primary amides is 1. The van der Waals surface area contributed by atoms with Gasteiger partial charge >= 0.3 is 6.03 Å². The van der Waals surface area contributed by atoms with Gasteiger partial charge in [0, 0.05) is 12.1 Å². The van der Waals surface area contributed by atoms with Crippen molar-refractivity contribution in [1.82, 2.24) is 5.32 Å². The predicted octanol–water partition coefficient (Wildman–Crippen LogP) is 3.39. The Hall–Kier alpha value is -0.850. The van der Waals surface area contributed by atoms with Crippen LogP contribution in [-0.2, 0) is 0 Å². The van der Waals surface area contributed by atoms with E-state index in [-0.39, 0.29) is 22.9 Å². The topological polar surface area (TPSA) is 122 Å². The van der Waals surface area contributed by atoms with Crippen LogP contribution < -0.4 is 16.8 Å². The maximum absolute atomic E-state index is 11.9. The molecule has 11 atom stereocenters. The third-order valence-electron chi connectivity index (χ3n) is 11.3. The molecule has 6 heteroatoms. The molecule has 0 radical (unpaired) electrons. The molecule has 32 heavy (non-hydrogen) atoms. The van der Waals surface area contributed by atoms with Gasteiger partial charge in [-0.1, -0.05) is 34.1 Å². The highest BCUT2D eigenvalue weighted by molar-refractivity contribution is 5.71. The number of nitrogens with one attached hydrogen (secondary N) is 1. The summed E-state index contributed by atoms with van der Waals surface area (Å²) in [5.41, 5.74) is 12.4. The molecule has 4 aliphatic rings. The predicted molar refractivity (Wildman–Crippen MR) is 127 cm³/mol. The fourth-order valence-electron chi connectivity index (χ4n) is 9.80. The van der Waals surface area contributed by atoms with Crippen molar-refractivity contribution in [2.45, 2.75) is 103 Å². The van der Waals surface area contributed by atoms with Gasteiger partial charge in [-0.25, -0.2) is 4.79 Å². The summed E-state index contributed by atoms with van der Waals surface area (Å²) in [5, 5.41) is 25.1. The quantitative estimate of drug-likeness (QED) is 0.441. The Morgan fingerprint density at radius 2 is 1.75 bits per heavy atom. The first kappa shape index (κ1) is 24.3. The van der Waals surface area contributed by atoms with Gasteiger partial charge in [-0.2, -0.15) is 0 Å². The first-order valence-electron chi connectivity index (χ1n) is 13.2. The number of hydrogen-bond acceptors (Lipinski definition) is 4. The molecule has 0 heterocycles. The van der Waals surface area contributed by atoms with Gasteiger partial charge in [-0.05, 0) is 97.7 Å². The average molecular weight is 450 g/mol. The molecule has 4 saturated carbocycles. The smallest absolute Gasteiger partial charge is 0.312 e. The first-order chi connectivity index (χ1) is 15.0. The van der Waals surface area contributed by atoms with Crippen molar-refractivity contribution in [3.8, 4) is 0 Å². The maximum atomic E-state index is 11.9. The summed E-state index contributed by atoms with van der Waals surface area (Å²) in [4.78, 5) is 11.1. The summed E-state index contributed by atoms with van der Waals surface area (Å²) in [5.74, 6) is 2.18. The summed E-state index contributed by atoms with van der Waals surface area (Å²) in [6.07, 6.45) is 8.26. The van der Waals surface area contributed by atoms with Gasteiger partial charge in [-0.3, -0.25) is 0 Å². The molecule has 4 fully saturated rings. The molecule has 2 unspecified atom stereocenters. The number of carbonyl (C=O) groups is 1. The van der Waals surface area contributed by atoms with Crippen molar-refractivity contribution < 1.29 is 15.0 Å². The highest BCUT2D eigenvalue weighted by Crippen LogP contribution is 2.70. The molecule has 0 spiro atoms. The van der Waals surface area contributed by atoms with Gasteiger partial charge in [0.05, 0.1) is 12.2 Å². The lowest BCUT2D eigenvalue weighted by Gasteiger charge is -2.69. The zero-order valence-electron chi connectivity index (χ0n) is 20.6. The van der Waals surface area contributed by atoms with E-state index in [0.29, 0.717) is 36.1 Å². The third kappa shape index (κ3) is 3.42. The van der Waals surface area contributed by atoms with E-state index in [9.17, 15) is 15.0 Å². The second kappa shape index (κ2) is 8.42. The number of aliphatic hydroxyl groups is 2. The number of fused-ring (bicyclic) bond motifs is 5. The Bertz CT molecular complexity index is 718. The number of urea groups is 1. The van der Waals surface area contributed by atoms with E-state index in [4.69, 9.17) is 11.5 Å². The lowest BCUT2D eigenvalue weighted by atomic mass is 9.38. The van der Waals surface area contributed by atoms with Gasteiger partial charge in [0.25, 0.3) is 0 Å². The number of hydrogen-bond donors (Lipinski definition) is 5. The Balaban J connectivity index is 1.63. The van der Waals surface area contributed by atoms with Crippen LogP contribution in [-0.4, -0.2) is 40.5 Å². The van der Waals surface area contributed by atoms with Crippen molar-refractivity contribution in [3.05, 3.63) is 0 Å². The number of carbonyl (C=O) groups excluding carboxylic acids is 1. The maximum Gasteiger partial charge on any atom is 0.312 e. The SMILES string of the molecule is CC[C@H]1[C@@H](O)C2(N)[C@H](CC[C@]3(C)C([C@H](C)CCNC(N)=O)CC[C@@H]23)[C@@]2(C)CC[C@@H](O)C[C@@H]12. The fourth-order valence-corrected chi connectivity index (χ4v) is 9.80. The van der Waals surface area contributed by atoms with E-state index in [1.54, 1.807) is 0 Å². The summed E-state index contributed by atoms with van der Waals surface area (Å²) in [7, 11) is 0. The van der Waals surface area contributed by atoms with Crippen LogP contribution in [0.3, 0.4) is 0 Å². The van der Waals surface area contributed by atoms with E-state index in [2.05, 4.69) is 33.0 Å². The van der Waals surface area contributed by atoms with Crippen molar-refractivity contribution >= 4 is 6.03 Å². The second-order valence-corrected chi connectivity index (χ2v) is 12.4. The molecule has 0 aromatic rings. The molecular weight excluding hydrogens is 402 g/mol. The van der Waals surface area contributed by atoms with Gasteiger partial charge < -0.3 is 27.0 Å². The lowest BCUT2D eigenvalue weighted by Crippen LogP contribution is -2.76. The average Bonchev–Trinajstić information content (AvgIpc) is 3.08. The number of nitrogens with two attached hydrogens (primary N) is 2. The molecule has 0 aromatic carbocycles. The Kier molecular flexibility index (Phi) is 6.39. The van der Waals surface area contributed by atoms with Crippen molar-refractivity contribution in [3.63, 3.8) is 0 Å². The second-order valence-electron chi connectivity index (χ2n) is 12.4. The molecule has 4 rings (SSSR count). The van der Waals surface area contributed by atoms with Crippen LogP contribution in [0.5, 0.6) is 0 Å². The highest BCUT2D eigenvalue weighted by Gasteiger charge is 2.70. The first-order valence-corrected chi connectivity index (χ1v) is 13.2. The van der Waals surface area contributed by atoms with Gasteiger partial charge in [0.2, 0.25) is 0 Å². The standard InChI is InChI=1S/C26H47N3O3/c1-5-17-19-14-16(30)8-11-25(19,4)21-9-12-24(3)18(15(2)10-13-29-23(27)32)6-7-20(24)26(21,28)22(17)31/h15-22,30-31H,5-14,28H2,1-4H3,(H3,27,29,32)/t15-,16-,17-,18?,19+,20-,21-,22-,24-,25+,26?/m1/s1. The molecule has 6 nitrogen and oxygen atoms in total. The molecule has 0 bridgehead atoms. The minimum atomic E-state index is -0.554. The van der Waals surface area contributed by atoms with Crippen LogP contribution >= 0.6 is 0 Å². The van der Waals surface area contributed by atoms with E-state index < -0.39 is 17.7 Å². The van der Waals surface area contributed by atoms with Gasteiger partial charge in [0.15, 0.2) is 0 Å². The van der Waals surface area contributed by atoms with Crippen LogP contribution in [0.4, 0.5) is 4.79 Å². The normalized spacial score (nSPS) is 51.3.